The highest BCUT2D eigenvalue weighted by Gasteiger charge is 2.60. The Labute approximate surface area is 247 Å². The predicted molar refractivity (Wildman–Crippen MR) is 133 cm³/mol. The summed E-state index contributed by atoms with van der Waals surface area (Å²) in [5, 5.41) is 0. The summed E-state index contributed by atoms with van der Waals surface area (Å²) in [6.07, 6.45) is -17.0. The number of piperidine rings is 2. The van der Waals surface area contributed by atoms with Gasteiger partial charge in [-0.15, -0.1) is 13.2 Å². The van der Waals surface area contributed by atoms with E-state index in [2.05, 4.69) is 19.3 Å². The van der Waals surface area contributed by atoms with Crippen LogP contribution < -0.4 is 4.74 Å². The molecule has 1 spiro atoms. The number of benzene rings is 1. The van der Waals surface area contributed by atoms with Crippen LogP contribution >= 0.6 is 0 Å². The maximum atomic E-state index is 13.1. The van der Waals surface area contributed by atoms with E-state index in [-0.39, 0.29) is 44.4 Å². The highest BCUT2D eigenvalue weighted by atomic mass is 19.4. The van der Waals surface area contributed by atoms with Crippen LogP contribution in [0.1, 0.15) is 56.1 Å². The van der Waals surface area contributed by atoms with E-state index in [9.17, 15) is 44.3 Å². The third-order valence-electron chi connectivity index (χ3n) is 7.99. The Morgan fingerprint density at radius 1 is 0.773 bits per heavy atom. The summed E-state index contributed by atoms with van der Waals surface area (Å²) in [5.41, 5.74) is 0.774. The van der Waals surface area contributed by atoms with Gasteiger partial charge in [-0.25, -0.2) is 4.79 Å². The molecule has 17 heteroatoms. The molecule has 248 valence electrons. The Balaban J connectivity index is 0.00000169. The molecule has 0 aliphatic carbocycles. The van der Waals surface area contributed by atoms with Crippen molar-refractivity contribution < 1.29 is 63.4 Å². The van der Waals surface area contributed by atoms with Gasteiger partial charge in [-0.1, -0.05) is 12.5 Å². The number of amides is 1. The molecule has 3 heterocycles. The Hall–Kier alpha value is -3.04. The first-order chi connectivity index (χ1) is 20.5. The van der Waals surface area contributed by atoms with Crippen LogP contribution in [0.15, 0.2) is 18.2 Å². The zero-order chi connectivity index (χ0) is 32.8. The van der Waals surface area contributed by atoms with Gasteiger partial charge in [-0.2, -0.15) is 35.9 Å². The topological polar surface area (TPSA) is 79.4 Å². The van der Waals surface area contributed by atoms with Crippen molar-refractivity contribution >= 4 is 12.2 Å². The van der Waals surface area contributed by atoms with Gasteiger partial charge in [0.15, 0.2) is 0 Å². The molecule has 4 rings (SSSR count). The second-order valence-corrected chi connectivity index (χ2v) is 11.0. The summed E-state index contributed by atoms with van der Waals surface area (Å²) < 4.78 is 124. The average Bonchev–Trinajstić information content (AvgIpc) is 3.27. The number of likely N-dealkylation sites (tertiary alicyclic amines) is 3. The van der Waals surface area contributed by atoms with Crippen LogP contribution in [0.2, 0.25) is 0 Å². The first-order valence-electron chi connectivity index (χ1n) is 13.9. The molecule has 0 bridgehead atoms. The van der Waals surface area contributed by atoms with Crippen molar-refractivity contribution in [1.29, 1.82) is 0 Å². The van der Waals surface area contributed by atoms with Gasteiger partial charge < -0.3 is 14.4 Å². The molecule has 0 unspecified atom stereocenters. The first kappa shape index (κ1) is 35.4. The minimum Gasteiger partial charge on any atom is -0.426 e. The normalized spacial score (nSPS) is 19.8. The van der Waals surface area contributed by atoms with Gasteiger partial charge in [0.05, 0.1) is 0 Å². The number of nitrogens with zero attached hydrogens (tertiary/aromatic N) is 3. The fraction of sp³-hybridized carbons (Fsp3) is 0.704. The van der Waals surface area contributed by atoms with E-state index in [1.807, 2.05) is 6.07 Å². The van der Waals surface area contributed by atoms with E-state index in [0.29, 0.717) is 30.6 Å². The molecule has 3 fully saturated rings. The number of carbonyl (C=O) groups is 1. The van der Waals surface area contributed by atoms with Crippen molar-refractivity contribution in [3.8, 4) is 5.75 Å². The molecule has 0 aromatic heterocycles. The zero-order valence-corrected chi connectivity index (χ0v) is 23.5. The number of carbonyl (C=O) groups excluding carboxylic acids is 3. The van der Waals surface area contributed by atoms with Crippen molar-refractivity contribution in [3.63, 3.8) is 0 Å². The first-order valence-corrected chi connectivity index (χ1v) is 13.9. The highest BCUT2D eigenvalue weighted by Crippen LogP contribution is 2.41. The maximum absolute atomic E-state index is 13.1. The SMILES string of the molecule is O=C(OC(C(F)(F)F)C(F)(F)F)N1CCC2(CCCN2Cc2cc(CN3CCCCC3)cc(OC(F)(F)F)c2)CC1.O=C=O. The molecular weight excluding hydrogens is 617 g/mol. The van der Waals surface area contributed by atoms with Crippen molar-refractivity contribution in [3.05, 3.63) is 29.3 Å². The molecule has 1 aromatic rings. The van der Waals surface area contributed by atoms with Crippen LogP contribution in [-0.4, -0.2) is 90.0 Å². The second-order valence-electron chi connectivity index (χ2n) is 11.0. The van der Waals surface area contributed by atoms with Gasteiger partial charge in [-0.3, -0.25) is 9.80 Å². The number of hydrogen-bond acceptors (Lipinski definition) is 7. The molecule has 3 aliphatic rings. The van der Waals surface area contributed by atoms with Crippen LogP contribution in [0.3, 0.4) is 0 Å². The number of hydrogen-bond donors (Lipinski definition) is 0. The Kier molecular flexibility index (Phi) is 11.6. The van der Waals surface area contributed by atoms with E-state index in [1.54, 1.807) is 0 Å². The quantitative estimate of drug-likeness (QED) is 0.348. The number of ether oxygens (including phenoxy) is 2. The van der Waals surface area contributed by atoms with E-state index < -0.39 is 36.5 Å². The maximum Gasteiger partial charge on any atom is 0.573 e. The predicted octanol–water partition coefficient (Wildman–Crippen LogP) is 6.05. The molecule has 0 radical (unpaired) electrons. The van der Waals surface area contributed by atoms with Gasteiger partial charge in [-0.05, 0) is 81.4 Å². The molecule has 8 nitrogen and oxygen atoms in total. The van der Waals surface area contributed by atoms with Crippen LogP contribution in [0.4, 0.5) is 44.3 Å². The summed E-state index contributed by atoms with van der Waals surface area (Å²) in [6, 6.07) is 4.55. The molecule has 1 amide bonds. The third-order valence-corrected chi connectivity index (χ3v) is 7.99. The molecular formula is C27H32F9N3O5. The summed E-state index contributed by atoms with van der Waals surface area (Å²) in [5.74, 6) is -0.322. The average molecular weight is 650 g/mol. The van der Waals surface area contributed by atoms with E-state index in [4.69, 9.17) is 9.59 Å². The van der Waals surface area contributed by atoms with E-state index >= 15 is 0 Å². The smallest absolute Gasteiger partial charge is 0.426 e. The summed E-state index contributed by atoms with van der Waals surface area (Å²) in [6.45, 7) is 2.81. The van der Waals surface area contributed by atoms with Crippen LogP contribution in [0.5, 0.6) is 5.75 Å². The lowest BCUT2D eigenvalue weighted by molar-refractivity contribution is -0.308. The summed E-state index contributed by atoms with van der Waals surface area (Å²) in [4.78, 5) is 33.5. The molecule has 3 aliphatic heterocycles. The Bertz CT molecular complexity index is 1130. The number of rotatable bonds is 6. The number of halogens is 9. The third kappa shape index (κ3) is 9.99. The number of alkyl halides is 9. The molecule has 0 atom stereocenters. The minimum absolute atomic E-state index is 0.116. The van der Waals surface area contributed by atoms with E-state index in [0.717, 1.165) is 43.7 Å². The lowest BCUT2D eigenvalue weighted by Gasteiger charge is -2.45. The largest absolute Gasteiger partial charge is 0.573 e. The molecule has 44 heavy (non-hydrogen) atoms. The van der Waals surface area contributed by atoms with Crippen molar-refractivity contribution in [2.75, 3.05) is 32.7 Å². The van der Waals surface area contributed by atoms with Gasteiger partial charge in [0.1, 0.15) is 5.75 Å². The van der Waals surface area contributed by atoms with Crippen molar-refractivity contribution in [1.82, 2.24) is 14.7 Å². The van der Waals surface area contributed by atoms with Crippen LogP contribution in [0.25, 0.3) is 0 Å². The van der Waals surface area contributed by atoms with Gasteiger partial charge >= 0.3 is 31.0 Å². The van der Waals surface area contributed by atoms with Crippen molar-refractivity contribution in [2.24, 2.45) is 0 Å². The summed E-state index contributed by atoms with van der Waals surface area (Å²) in [7, 11) is 0. The minimum atomic E-state index is -5.80. The fourth-order valence-corrected chi connectivity index (χ4v) is 6.11. The van der Waals surface area contributed by atoms with Crippen molar-refractivity contribution in [2.45, 2.75) is 88.4 Å². The molecule has 1 aromatic carbocycles. The monoisotopic (exact) mass is 649 g/mol. The standard InChI is InChI=1S/C26H32F9N3O3.CO2/c27-24(28,29)21(25(30,31)32)40-22(39)37-11-6-23(7-12-37)5-4-10-38(23)17-19-13-18(16-36-8-2-1-3-9-36)14-20(15-19)41-26(33,34)35;2-1-3/h13-15,21H,1-12,16-17H2;. The fourth-order valence-electron chi connectivity index (χ4n) is 6.11. The van der Waals surface area contributed by atoms with E-state index in [1.165, 1.54) is 12.1 Å². The zero-order valence-electron chi connectivity index (χ0n) is 23.5. The van der Waals surface area contributed by atoms with Crippen LogP contribution in [0, 0.1) is 0 Å². The molecule has 3 saturated heterocycles. The second kappa shape index (κ2) is 14.4. The van der Waals surface area contributed by atoms with Crippen LogP contribution in [-0.2, 0) is 27.4 Å². The molecule has 0 N–H and O–H groups in total. The Morgan fingerprint density at radius 2 is 1.32 bits per heavy atom. The lowest BCUT2D eigenvalue weighted by atomic mass is 9.85. The highest BCUT2D eigenvalue weighted by molar-refractivity contribution is 5.68. The summed E-state index contributed by atoms with van der Waals surface area (Å²) >= 11 is 0. The van der Waals surface area contributed by atoms with Gasteiger partial charge in [0.2, 0.25) is 0 Å². The molecule has 0 saturated carbocycles. The Morgan fingerprint density at radius 3 is 1.84 bits per heavy atom. The van der Waals surface area contributed by atoms with Gasteiger partial charge in [0.25, 0.3) is 6.10 Å². The van der Waals surface area contributed by atoms with Gasteiger partial charge in [0, 0.05) is 31.7 Å². The lowest BCUT2D eigenvalue weighted by Crippen LogP contribution is -2.54.